The van der Waals surface area contributed by atoms with Gasteiger partial charge in [-0.2, -0.15) is 0 Å². The Bertz CT molecular complexity index is 867. The van der Waals surface area contributed by atoms with Gasteiger partial charge in [0.2, 0.25) is 5.91 Å². The van der Waals surface area contributed by atoms with Gasteiger partial charge in [0.15, 0.2) is 0 Å². The Balaban J connectivity index is 2.42. The number of nitrogens with one attached hydrogen (secondary N) is 1. The number of carbonyl (C=O) groups is 3. The van der Waals surface area contributed by atoms with Gasteiger partial charge in [0, 0.05) is 13.0 Å². The number of amides is 2. The van der Waals surface area contributed by atoms with Gasteiger partial charge in [-0.15, -0.1) is 0 Å². The Kier molecular flexibility index (Phi) is 7.80. The highest BCUT2D eigenvalue weighted by Gasteiger charge is 2.36. The number of aliphatic carboxylic acids is 1. The fraction of sp³-hybridized carbons (Fsp3) is 0.318. The number of carboxylic acid groups (broad SMARTS) is 2. The molecule has 2 aromatic rings. The van der Waals surface area contributed by atoms with Crippen LogP contribution in [-0.2, 0) is 22.6 Å². The maximum Gasteiger partial charge on any atom is 0.405 e. The average Bonchev–Trinajstić information content (AvgIpc) is 2.70. The highest BCUT2D eigenvalue weighted by molar-refractivity contribution is 5.89. The lowest BCUT2D eigenvalue weighted by Crippen LogP contribution is -2.55. The first-order valence-corrected chi connectivity index (χ1v) is 9.53. The van der Waals surface area contributed by atoms with E-state index in [1.54, 1.807) is 50.2 Å². The highest BCUT2D eigenvalue weighted by Crippen LogP contribution is 2.19. The summed E-state index contributed by atoms with van der Waals surface area (Å²) < 4.78 is 0. The van der Waals surface area contributed by atoms with Gasteiger partial charge in [0.25, 0.3) is 0 Å². The predicted octanol–water partition coefficient (Wildman–Crippen LogP) is 2.71. The Hall–Kier alpha value is -3.55. The molecule has 0 saturated heterocycles. The summed E-state index contributed by atoms with van der Waals surface area (Å²) in [4.78, 5) is 37.9. The number of phenolic OH excluding ortho intramolecular Hbond substituents is 1. The van der Waals surface area contributed by atoms with E-state index in [0.717, 1.165) is 5.56 Å². The van der Waals surface area contributed by atoms with Crippen LogP contribution in [0.5, 0.6) is 5.75 Å². The number of rotatable bonds is 9. The van der Waals surface area contributed by atoms with Crippen molar-refractivity contribution in [1.82, 2.24) is 10.2 Å². The third-order valence-corrected chi connectivity index (χ3v) is 4.72. The van der Waals surface area contributed by atoms with Crippen LogP contribution in [-0.4, -0.2) is 50.3 Å². The molecule has 0 radical (unpaired) electrons. The van der Waals surface area contributed by atoms with Crippen LogP contribution in [0.15, 0.2) is 54.6 Å². The van der Waals surface area contributed by atoms with Crippen LogP contribution >= 0.6 is 0 Å². The Morgan fingerprint density at radius 2 is 1.53 bits per heavy atom. The monoisotopic (exact) mass is 414 g/mol. The number of benzene rings is 2. The van der Waals surface area contributed by atoms with Gasteiger partial charge in [-0.05, 0) is 29.2 Å². The number of hydrogen-bond donors (Lipinski definition) is 4. The molecule has 2 aromatic carbocycles. The number of hydrogen-bond acceptors (Lipinski definition) is 4. The minimum Gasteiger partial charge on any atom is -0.508 e. The molecule has 8 nitrogen and oxygen atoms in total. The van der Waals surface area contributed by atoms with Crippen molar-refractivity contribution in [3.8, 4) is 5.75 Å². The molecule has 0 aliphatic heterocycles. The van der Waals surface area contributed by atoms with Crippen molar-refractivity contribution in [2.75, 3.05) is 0 Å². The fourth-order valence-corrected chi connectivity index (χ4v) is 3.13. The van der Waals surface area contributed by atoms with Gasteiger partial charge in [-0.3, -0.25) is 4.79 Å². The van der Waals surface area contributed by atoms with E-state index in [1.165, 1.54) is 17.0 Å². The number of aromatic hydroxyl groups is 1. The van der Waals surface area contributed by atoms with Crippen molar-refractivity contribution in [3.63, 3.8) is 0 Å². The van der Waals surface area contributed by atoms with Crippen molar-refractivity contribution in [2.45, 2.75) is 38.9 Å². The molecule has 0 aliphatic rings. The Morgan fingerprint density at radius 3 is 2.03 bits per heavy atom. The summed E-state index contributed by atoms with van der Waals surface area (Å²) in [6.07, 6.45) is -1.35. The zero-order chi connectivity index (χ0) is 22.3. The van der Waals surface area contributed by atoms with Gasteiger partial charge in [0.1, 0.15) is 17.8 Å². The summed E-state index contributed by atoms with van der Waals surface area (Å²) in [7, 11) is 0. The summed E-state index contributed by atoms with van der Waals surface area (Å²) in [5, 5.41) is 30.7. The molecule has 0 aromatic heterocycles. The minimum atomic E-state index is -1.35. The molecular formula is C22H26N2O6. The number of carboxylic acids is 1. The summed E-state index contributed by atoms with van der Waals surface area (Å²) >= 11 is 0. The quantitative estimate of drug-likeness (QED) is 0.500. The van der Waals surface area contributed by atoms with E-state index in [4.69, 9.17) is 5.11 Å². The molecule has 0 bridgehead atoms. The summed E-state index contributed by atoms with van der Waals surface area (Å²) in [6.45, 7) is 3.39. The molecule has 160 valence electrons. The van der Waals surface area contributed by atoms with E-state index in [9.17, 15) is 24.6 Å². The first-order valence-electron chi connectivity index (χ1n) is 9.53. The van der Waals surface area contributed by atoms with E-state index in [2.05, 4.69) is 5.32 Å². The van der Waals surface area contributed by atoms with Gasteiger partial charge < -0.3 is 25.5 Å². The van der Waals surface area contributed by atoms with Crippen molar-refractivity contribution < 1.29 is 29.7 Å². The maximum absolute atomic E-state index is 13.3. The van der Waals surface area contributed by atoms with E-state index < -0.39 is 30.1 Å². The molecule has 0 fully saturated rings. The first kappa shape index (κ1) is 22.7. The smallest absolute Gasteiger partial charge is 0.405 e. The Labute approximate surface area is 174 Å². The number of phenols is 1. The van der Waals surface area contributed by atoms with Crippen LogP contribution in [0, 0.1) is 5.92 Å². The van der Waals surface area contributed by atoms with Gasteiger partial charge in [0.05, 0.1) is 0 Å². The predicted molar refractivity (Wildman–Crippen MR) is 110 cm³/mol. The molecule has 0 spiro atoms. The minimum absolute atomic E-state index is 0.00603. The second-order valence-corrected chi connectivity index (χ2v) is 7.35. The van der Waals surface area contributed by atoms with Crippen LogP contribution in [0.2, 0.25) is 0 Å². The third kappa shape index (κ3) is 6.23. The van der Waals surface area contributed by atoms with E-state index in [-0.39, 0.29) is 24.6 Å². The van der Waals surface area contributed by atoms with Crippen LogP contribution in [0.1, 0.15) is 25.0 Å². The van der Waals surface area contributed by atoms with Crippen molar-refractivity contribution >= 4 is 18.0 Å². The van der Waals surface area contributed by atoms with Crippen LogP contribution in [0.3, 0.4) is 0 Å². The zero-order valence-corrected chi connectivity index (χ0v) is 16.9. The largest absolute Gasteiger partial charge is 0.508 e. The standard InChI is InChI=1S/C22H26N2O6/c1-14(2)19(23-22(29)30)20(26)24(13-16-6-4-3-5-7-16)18(21(27)28)12-15-8-10-17(25)11-9-15/h3-11,14,18-19,23,25H,12-13H2,1-2H3,(H,27,28)(H,29,30)/t18-,19-/m1/s1. The normalized spacial score (nSPS) is 12.8. The van der Waals surface area contributed by atoms with E-state index >= 15 is 0 Å². The van der Waals surface area contributed by atoms with E-state index in [0.29, 0.717) is 5.56 Å². The van der Waals surface area contributed by atoms with Gasteiger partial charge in [-0.25, -0.2) is 9.59 Å². The van der Waals surface area contributed by atoms with E-state index in [1.807, 2.05) is 6.07 Å². The number of carbonyl (C=O) groups excluding carboxylic acids is 1. The molecule has 2 amide bonds. The maximum atomic E-state index is 13.3. The zero-order valence-electron chi connectivity index (χ0n) is 16.9. The fourth-order valence-electron chi connectivity index (χ4n) is 3.13. The molecular weight excluding hydrogens is 388 g/mol. The summed E-state index contributed by atoms with van der Waals surface area (Å²) in [6, 6.07) is 12.7. The second kappa shape index (κ2) is 10.3. The molecule has 0 saturated carbocycles. The molecule has 4 N–H and O–H groups in total. The van der Waals surface area contributed by atoms with Gasteiger partial charge >= 0.3 is 12.1 Å². The van der Waals surface area contributed by atoms with Crippen molar-refractivity contribution in [1.29, 1.82) is 0 Å². The Morgan fingerprint density at radius 1 is 0.933 bits per heavy atom. The lowest BCUT2D eigenvalue weighted by atomic mass is 9.98. The molecule has 8 heteroatoms. The molecule has 2 atom stereocenters. The van der Waals surface area contributed by atoms with Crippen LogP contribution < -0.4 is 5.32 Å². The lowest BCUT2D eigenvalue weighted by molar-refractivity contribution is -0.152. The average molecular weight is 414 g/mol. The topological polar surface area (TPSA) is 127 Å². The molecule has 30 heavy (non-hydrogen) atoms. The lowest BCUT2D eigenvalue weighted by Gasteiger charge is -2.33. The molecule has 0 heterocycles. The first-order chi connectivity index (χ1) is 14.2. The number of nitrogens with zero attached hydrogens (tertiary/aromatic N) is 1. The SMILES string of the molecule is CC(C)[C@@H](NC(=O)O)C(=O)N(Cc1ccccc1)[C@H](Cc1ccc(O)cc1)C(=O)O. The molecule has 2 rings (SSSR count). The summed E-state index contributed by atoms with van der Waals surface area (Å²) in [5.41, 5.74) is 1.35. The van der Waals surface area contributed by atoms with Crippen LogP contribution in [0.4, 0.5) is 4.79 Å². The van der Waals surface area contributed by atoms with Crippen molar-refractivity contribution in [2.24, 2.45) is 5.92 Å². The van der Waals surface area contributed by atoms with Crippen molar-refractivity contribution in [3.05, 3.63) is 65.7 Å². The molecule has 0 unspecified atom stereocenters. The third-order valence-electron chi connectivity index (χ3n) is 4.72. The second-order valence-electron chi connectivity index (χ2n) is 7.35. The molecule has 0 aliphatic carbocycles. The van der Waals surface area contributed by atoms with Crippen LogP contribution in [0.25, 0.3) is 0 Å². The highest BCUT2D eigenvalue weighted by atomic mass is 16.4. The van der Waals surface area contributed by atoms with Gasteiger partial charge in [-0.1, -0.05) is 56.3 Å². The summed E-state index contributed by atoms with van der Waals surface area (Å²) in [5.74, 6) is -2.14.